The third-order valence-electron chi connectivity index (χ3n) is 5.12. The standard InChI is InChI=1S/C18H24N4OS/c23-18(20-15-4-5-17-16(10-15)19-13-24-17)22-9-6-14(12-22)11-21-7-2-1-3-8-21/h4-5,10,13-14H,1-3,6-9,11-12H2,(H,20,23)/t14-/m0/s1. The molecule has 1 N–H and O–H groups in total. The van der Waals surface area contributed by atoms with Gasteiger partial charge in [0.1, 0.15) is 0 Å². The van der Waals surface area contributed by atoms with Crippen molar-refractivity contribution in [2.24, 2.45) is 5.92 Å². The summed E-state index contributed by atoms with van der Waals surface area (Å²) in [5, 5.41) is 3.03. The molecule has 128 valence electrons. The molecular weight excluding hydrogens is 320 g/mol. The van der Waals surface area contributed by atoms with Gasteiger partial charge in [-0.2, -0.15) is 0 Å². The summed E-state index contributed by atoms with van der Waals surface area (Å²) in [5.41, 5.74) is 3.61. The number of piperidine rings is 1. The number of carbonyl (C=O) groups excluding carboxylic acids is 1. The Kier molecular flexibility index (Phi) is 4.67. The molecule has 0 unspecified atom stereocenters. The largest absolute Gasteiger partial charge is 0.324 e. The van der Waals surface area contributed by atoms with Crippen LogP contribution in [0, 0.1) is 5.92 Å². The number of aromatic nitrogens is 1. The van der Waals surface area contributed by atoms with E-state index < -0.39 is 0 Å². The van der Waals surface area contributed by atoms with E-state index in [4.69, 9.17) is 0 Å². The second-order valence-corrected chi connectivity index (χ2v) is 7.81. The van der Waals surface area contributed by atoms with Gasteiger partial charge < -0.3 is 15.1 Å². The van der Waals surface area contributed by atoms with Crippen LogP contribution in [0.2, 0.25) is 0 Å². The highest BCUT2D eigenvalue weighted by Gasteiger charge is 2.28. The van der Waals surface area contributed by atoms with Gasteiger partial charge in [0, 0.05) is 25.3 Å². The van der Waals surface area contributed by atoms with E-state index in [-0.39, 0.29) is 6.03 Å². The molecule has 2 aliphatic rings. The highest BCUT2D eigenvalue weighted by molar-refractivity contribution is 7.16. The highest BCUT2D eigenvalue weighted by Crippen LogP contribution is 2.23. The molecule has 24 heavy (non-hydrogen) atoms. The topological polar surface area (TPSA) is 48.5 Å². The number of thiazole rings is 1. The zero-order valence-corrected chi connectivity index (χ0v) is 14.7. The molecule has 2 fully saturated rings. The molecule has 0 spiro atoms. The fraction of sp³-hybridized carbons (Fsp3) is 0.556. The first kappa shape index (κ1) is 15.8. The number of fused-ring (bicyclic) bond motifs is 1. The smallest absolute Gasteiger partial charge is 0.321 e. The highest BCUT2D eigenvalue weighted by atomic mass is 32.1. The second-order valence-electron chi connectivity index (χ2n) is 6.93. The van der Waals surface area contributed by atoms with Crippen LogP contribution in [0.1, 0.15) is 25.7 Å². The van der Waals surface area contributed by atoms with Gasteiger partial charge in [0.2, 0.25) is 0 Å². The van der Waals surface area contributed by atoms with Crippen molar-refractivity contribution in [3.8, 4) is 0 Å². The Morgan fingerprint density at radius 2 is 2.12 bits per heavy atom. The molecule has 1 aromatic carbocycles. The molecule has 3 heterocycles. The molecule has 2 saturated heterocycles. The maximum absolute atomic E-state index is 12.5. The average Bonchev–Trinajstić information content (AvgIpc) is 3.24. The molecule has 2 aromatic rings. The number of carbonyl (C=O) groups is 1. The molecule has 1 aromatic heterocycles. The van der Waals surface area contributed by atoms with Crippen LogP contribution in [-0.4, -0.2) is 53.5 Å². The van der Waals surface area contributed by atoms with Gasteiger partial charge in [-0.3, -0.25) is 0 Å². The second kappa shape index (κ2) is 7.07. The maximum atomic E-state index is 12.5. The number of nitrogens with zero attached hydrogens (tertiary/aromatic N) is 3. The Morgan fingerprint density at radius 1 is 1.25 bits per heavy atom. The first-order chi connectivity index (χ1) is 11.8. The molecule has 1 atom stereocenters. The lowest BCUT2D eigenvalue weighted by Crippen LogP contribution is -2.37. The van der Waals surface area contributed by atoms with E-state index in [9.17, 15) is 4.79 Å². The predicted molar refractivity (Wildman–Crippen MR) is 98.6 cm³/mol. The van der Waals surface area contributed by atoms with Gasteiger partial charge in [-0.05, 0) is 56.5 Å². The van der Waals surface area contributed by atoms with Crippen molar-refractivity contribution >= 4 is 33.3 Å². The normalized spacial score (nSPS) is 22.2. The third kappa shape index (κ3) is 3.54. The Hall–Kier alpha value is -1.66. The number of likely N-dealkylation sites (tertiary alicyclic amines) is 2. The number of hydrogen-bond donors (Lipinski definition) is 1. The molecule has 0 aliphatic carbocycles. The molecule has 6 heteroatoms. The number of nitrogens with one attached hydrogen (secondary N) is 1. The monoisotopic (exact) mass is 344 g/mol. The van der Waals surface area contributed by atoms with Crippen molar-refractivity contribution in [2.75, 3.05) is 38.0 Å². The van der Waals surface area contributed by atoms with Crippen molar-refractivity contribution in [2.45, 2.75) is 25.7 Å². The van der Waals surface area contributed by atoms with E-state index in [1.54, 1.807) is 11.3 Å². The minimum Gasteiger partial charge on any atom is -0.324 e. The zero-order chi connectivity index (χ0) is 16.4. The van der Waals surface area contributed by atoms with Crippen LogP contribution < -0.4 is 5.32 Å². The van der Waals surface area contributed by atoms with Crippen molar-refractivity contribution < 1.29 is 4.79 Å². The number of anilines is 1. The maximum Gasteiger partial charge on any atom is 0.321 e. The van der Waals surface area contributed by atoms with Crippen LogP contribution in [0.15, 0.2) is 23.7 Å². The van der Waals surface area contributed by atoms with E-state index in [0.717, 1.165) is 42.0 Å². The summed E-state index contributed by atoms with van der Waals surface area (Å²) < 4.78 is 1.15. The zero-order valence-electron chi connectivity index (χ0n) is 13.9. The average molecular weight is 344 g/mol. The molecule has 4 rings (SSSR count). The Labute approximate surface area is 146 Å². The molecule has 5 nitrogen and oxygen atoms in total. The van der Waals surface area contributed by atoms with Crippen molar-refractivity contribution in [1.82, 2.24) is 14.8 Å². The van der Waals surface area contributed by atoms with Crippen LogP contribution >= 0.6 is 11.3 Å². The lowest BCUT2D eigenvalue weighted by Gasteiger charge is -2.29. The first-order valence-corrected chi connectivity index (χ1v) is 9.77. The summed E-state index contributed by atoms with van der Waals surface area (Å²) in [4.78, 5) is 21.4. The quantitative estimate of drug-likeness (QED) is 0.925. The minimum atomic E-state index is 0.0192. The van der Waals surface area contributed by atoms with Gasteiger partial charge in [-0.25, -0.2) is 9.78 Å². The fourth-order valence-corrected chi connectivity index (χ4v) is 4.47. The first-order valence-electron chi connectivity index (χ1n) is 8.89. The summed E-state index contributed by atoms with van der Waals surface area (Å²) in [6.45, 7) is 5.35. The van der Waals surface area contributed by atoms with E-state index in [0.29, 0.717) is 5.92 Å². The van der Waals surface area contributed by atoms with E-state index in [2.05, 4.69) is 15.2 Å². The van der Waals surface area contributed by atoms with Gasteiger partial charge >= 0.3 is 6.03 Å². The van der Waals surface area contributed by atoms with Gasteiger partial charge in [0.05, 0.1) is 15.7 Å². The summed E-state index contributed by atoms with van der Waals surface area (Å²) in [6, 6.07) is 5.95. The molecule has 2 aliphatic heterocycles. The minimum absolute atomic E-state index is 0.0192. The van der Waals surface area contributed by atoms with Crippen molar-refractivity contribution in [3.63, 3.8) is 0 Å². The summed E-state index contributed by atoms with van der Waals surface area (Å²) in [5.74, 6) is 0.620. The van der Waals surface area contributed by atoms with E-state index in [1.807, 2.05) is 28.6 Å². The van der Waals surface area contributed by atoms with Crippen LogP contribution in [0.3, 0.4) is 0 Å². The van der Waals surface area contributed by atoms with Gasteiger partial charge in [0.25, 0.3) is 0 Å². The van der Waals surface area contributed by atoms with Gasteiger partial charge in [-0.15, -0.1) is 11.3 Å². The lowest BCUT2D eigenvalue weighted by molar-refractivity contribution is 0.192. The number of hydrogen-bond acceptors (Lipinski definition) is 4. The Bertz CT molecular complexity index is 710. The lowest BCUT2D eigenvalue weighted by atomic mass is 10.1. The molecule has 0 saturated carbocycles. The molecular formula is C18H24N4OS. The summed E-state index contributed by atoms with van der Waals surface area (Å²) in [7, 11) is 0. The number of urea groups is 1. The van der Waals surface area contributed by atoms with Gasteiger partial charge in [-0.1, -0.05) is 6.42 Å². The van der Waals surface area contributed by atoms with E-state index in [1.165, 1.54) is 32.4 Å². The molecule has 0 bridgehead atoms. The van der Waals surface area contributed by atoms with E-state index >= 15 is 0 Å². The number of rotatable bonds is 3. The third-order valence-corrected chi connectivity index (χ3v) is 5.93. The number of benzene rings is 1. The summed E-state index contributed by atoms with van der Waals surface area (Å²) >= 11 is 1.62. The Morgan fingerprint density at radius 3 is 3.00 bits per heavy atom. The number of amides is 2. The van der Waals surface area contributed by atoms with Crippen LogP contribution in [-0.2, 0) is 0 Å². The Balaban J connectivity index is 1.31. The van der Waals surface area contributed by atoms with Crippen molar-refractivity contribution in [3.05, 3.63) is 23.7 Å². The van der Waals surface area contributed by atoms with Crippen molar-refractivity contribution in [1.29, 1.82) is 0 Å². The van der Waals surface area contributed by atoms with Gasteiger partial charge in [0.15, 0.2) is 0 Å². The fourth-order valence-electron chi connectivity index (χ4n) is 3.81. The predicted octanol–water partition coefficient (Wildman–Crippen LogP) is 3.64. The van der Waals surface area contributed by atoms with Crippen LogP contribution in [0.25, 0.3) is 10.2 Å². The summed E-state index contributed by atoms with van der Waals surface area (Å²) in [6.07, 6.45) is 5.15. The van der Waals surface area contributed by atoms with Crippen LogP contribution in [0.4, 0.5) is 10.5 Å². The molecule has 2 amide bonds. The SMILES string of the molecule is O=C(Nc1ccc2scnc2c1)N1CC[C@@H](CN2CCCCC2)C1. The molecule has 0 radical (unpaired) electrons. The van der Waals surface area contributed by atoms with Crippen LogP contribution in [0.5, 0.6) is 0 Å².